The first-order valence-corrected chi connectivity index (χ1v) is 5.44. The van der Waals surface area contributed by atoms with Gasteiger partial charge in [0.1, 0.15) is 6.07 Å². The molecule has 16 heavy (non-hydrogen) atoms. The third kappa shape index (κ3) is 1.97. The molecule has 0 radical (unpaired) electrons. The van der Waals surface area contributed by atoms with Gasteiger partial charge in [0.2, 0.25) is 0 Å². The van der Waals surface area contributed by atoms with Gasteiger partial charge in [0.15, 0.2) is 11.5 Å². The van der Waals surface area contributed by atoms with E-state index in [0.29, 0.717) is 17.4 Å². The molecule has 0 spiro atoms. The maximum Gasteiger partial charge on any atom is 0.183 e. The van der Waals surface area contributed by atoms with Gasteiger partial charge in [-0.1, -0.05) is 6.92 Å². The topological polar surface area (TPSA) is 78.8 Å². The van der Waals surface area contributed by atoms with E-state index in [-0.39, 0.29) is 6.04 Å². The van der Waals surface area contributed by atoms with E-state index in [1.807, 2.05) is 0 Å². The summed E-state index contributed by atoms with van der Waals surface area (Å²) in [6.07, 6.45) is 4.10. The Morgan fingerprint density at radius 1 is 1.50 bits per heavy atom. The number of piperidine rings is 1. The average Bonchev–Trinajstić information content (AvgIpc) is 2.32. The number of nitrogens with two attached hydrogens (primary N) is 1. The van der Waals surface area contributed by atoms with Crippen LogP contribution in [0.25, 0.3) is 0 Å². The Morgan fingerprint density at radius 2 is 2.25 bits per heavy atom. The Morgan fingerprint density at radius 3 is 2.94 bits per heavy atom. The molecule has 2 N–H and O–H groups in total. The summed E-state index contributed by atoms with van der Waals surface area (Å²) < 4.78 is 0. The minimum absolute atomic E-state index is 0.249. The molecule has 2 rings (SSSR count). The lowest BCUT2D eigenvalue weighted by atomic mass is 9.95. The Bertz CT molecular complexity index is 411. The fourth-order valence-electron chi connectivity index (χ4n) is 2.00. The van der Waals surface area contributed by atoms with Crippen molar-refractivity contribution in [3.8, 4) is 6.07 Å². The molecule has 1 aliphatic heterocycles. The number of hydrogen-bond acceptors (Lipinski definition) is 5. The predicted molar refractivity (Wildman–Crippen MR) is 60.7 cm³/mol. The van der Waals surface area contributed by atoms with Gasteiger partial charge in [-0.2, -0.15) is 5.26 Å². The molecule has 1 saturated heterocycles. The van der Waals surface area contributed by atoms with Crippen LogP contribution in [0.5, 0.6) is 0 Å². The average molecular weight is 217 g/mol. The van der Waals surface area contributed by atoms with Gasteiger partial charge < -0.3 is 10.6 Å². The van der Waals surface area contributed by atoms with Gasteiger partial charge >= 0.3 is 0 Å². The van der Waals surface area contributed by atoms with E-state index >= 15 is 0 Å². The van der Waals surface area contributed by atoms with Crippen molar-refractivity contribution in [2.45, 2.75) is 19.4 Å². The van der Waals surface area contributed by atoms with Gasteiger partial charge in [0.05, 0.1) is 0 Å². The van der Waals surface area contributed by atoms with Crippen LogP contribution in [-0.4, -0.2) is 29.1 Å². The highest BCUT2D eigenvalue weighted by Crippen LogP contribution is 2.22. The van der Waals surface area contributed by atoms with Crippen molar-refractivity contribution in [3.63, 3.8) is 0 Å². The number of rotatable bonds is 1. The quantitative estimate of drug-likeness (QED) is 0.742. The molecular formula is C11H15N5. The van der Waals surface area contributed by atoms with Crippen LogP contribution < -0.4 is 10.6 Å². The van der Waals surface area contributed by atoms with Gasteiger partial charge in [-0.05, 0) is 12.3 Å². The molecule has 0 amide bonds. The normalized spacial score (nSPS) is 25.2. The van der Waals surface area contributed by atoms with Crippen LogP contribution in [0.2, 0.25) is 0 Å². The zero-order valence-electron chi connectivity index (χ0n) is 9.30. The molecule has 0 aromatic carbocycles. The van der Waals surface area contributed by atoms with Crippen LogP contribution in [0.15, 0.2) is 12.4 Å². The van der Waals surface area contributed by atoms with Crippen LogP contribution in [0.4, 0.5) is 5.82 Å². The van der Waals surface area contributed by atoms with Crippen molar-refractivity contribution in [3.05, 3.63) is 18.1 Å². The van der Waals surface area contributed by atoms with Crippen LogP contribution in [-0.2, 0) is 0 Å². The third-order valence-corrected chi connectivity index (χ3v) is 3.06. The molecule has 1 aromatic rings. The van der Waals surface area contributed by atoms with Gasteiger partial charge in [-0.25, -0.2) is 9.97 Å². The van der Waals surface area contributed by atoms with Gasteiger partial charge in [-0.3, -0.25) is 0 Å². The van der Waals surface area contributed by atoms with E-state index in [1.54, 1.807) is 12.4 Å². The van der Waals surface area contributed by atoms with E-state index < -0.39 is 0 Å². The van der Waals surface area contributed by atoms with Crippen molar-refractivity contribution in [1.29, 1.82) is 5.26 Å². The Kier molecular flexibility index (Phi) is 3.02. The van der Waals surface area contributed by atoms with E-state index in [4.69, 9.17) is 11.0 Å². The summed E-state index contributed by atoms with van der Waals surface area (Å²) in [6.45, 7) is 3.81. The summed E-state index contributed by atoms with van der Waals surface area (Å²) in [6, 6.07) is 2.32. The second kappa shape index (κ2) is 4.45. The van der Waals surface area contributed by atoms with Crippen molar-refractivity contribution in [2.75, 3.05) is 18.0 Å². The van der Waals surface area contributed by atoms with Crippen LogP contribution in [0.3, 0.4) is 0 Å². The number of nitriles is 1. The molecule has 1 fully saturated rings. The smallest absolute Gasteiger partial charge is 0.183 e. The van der Waals surface area contributed by atoms with E-state index in [1.165, 1.54) is 0 Å². The number of hydrogen-bond donors (Lipinski definition) is 1. The molecule has 2 atom stereocenters. The molecule has 1 aliphatic rings. The highest BCUT2D eigenvalue weighted by Gasteiger charge is 2.25. The first kappa shape index (κ1) is 10.8. The monoisotopic (exact) mass is 217 g/mol. The number of aromatic nitrogens is 2. The zero-order valence-corrected chi connectivity index (χ0v) is 9.30. The second-order valence-electron chi connectivity index (χ2n) is 4.22. The van der Waals surface area contributed by atoms with Crippen LogP contribution in [0.1, 0.15) is 19.0 Å². The zero-order chi connectivity index (χ0) is 11.5. The maximum atomic E-state index is 8.96. The molecule has 2 heterocycles. The fourth-order valence-corrected chi connectivity index (χ4v) is 2.00. The van der Waals surface area contributed by atoms with Crippen molar-refractivity contribution >= 4 is 5.82 Å². The molecular weight excluding hydrogens is 202 g/mol. The highest BCUT2D eigenvalue weighted by atomic mass is 15.2. The molecule has 0 bridgehead atoms. The molecule has 5 nitrogen and oxygen atoms in total. The second-order valence-corrected chi connectivity index (χ2v) is 4.22. The number of nitrogens with zero attached hydrogens (tertiary/aromatic N) is 4. The van der Waals surface area contributed by atoms with E-state index in [2.05, 4.69) is 27.9 Å². The minimum Gasteiger partial charge on any atom is -0.354 e. The molecule has 5 heteroatoms. The first-order valence-electron chi connectivity index (χ1n) is 5.44. The summed E-state index contributed by atoms with van der Waals surface area (Å²) in [7, 11) is 0. The maximum absolute atomic E-state index is 8.96. The standard InChI is InChI=1S/C11H15N5/c1-8-7-16(5-2-9(8)13)11-10(6-12)14-3-4-15-11/h3-4,8-9H,2,5,7,13H2,1H3. The summed E-state index contributed by atoms with van der Waals surface area (Å²) in [4.78, 5) is 10.3. The molecule has 1 aromatic heterocycles. The van der Waals surface area contributed by atoms with Crippen LogP contribution in [0, 0.1) is 17.2 Å². The Balaban J connectivity index is 2.22. The first-order chi connectivity index (χ1) is 7.72. The molecule has 0 aliphatic carbocycles. The van der Waals surface area contributed by atoms with Crippen molar-refractivity contribution in [1.82, 2.24) is 9.97 Å². The lowest BCUT2D eigenvalue weighted by Crippen LogP contribution is -2.46. The summed E-state index contributed by atoms with van der Waals surface area (Å²) in [5, 5.41) is 8.96. The van der Waals surface area contributed by atoms with Crippen molar-refractivity contribution < 1.29 is 0 Å². The predicted octanol–water partition coefficient (Wildman–Crippen LogP) is 0.522. The molecule has 84 valence electrons. The van der Waals surface area contributed by atoms with Gasteiger partial charge in [0, 0.05) is 31.5 Å². The van der Waals surface area contributed by atoms with Gasteiger partial charge in [0.25, 0.3) is 0 Å². The Hall–Kier alpha value is -1.67. The van der Waals surface area contributed by atoms with Gasteiger partial charge in [-0.15, -0.1) is 0 Å². The van der Waals surface area contributed by atoms with E-state index in [0.717, 1.165) is 19.5 Å². The van der Waals surface area contributed by atoms with Crippen molar-refractivity contribution in [2.24, 2.45) is 11.7 Å². The van der Waals surface area contributed by atoms with Crippen LogP contribution >= 0.6 is 0 Å². The number of anilines is 1. The van der Waals surface area contributed by atoms with E-state index in [9.17, 15) is 0 Å². The summed E-state index contributed by atoms with van der Waals surface area (Å²) in [5.74, 6) is 1.10. The highest BCUT2D eigenvalue weighted by molar-refractivity contribution is 5.49. The summed E-state index contributed by atoms with van der Waals surface area (Å²) >= 11 is 0. The Labute approximate surface area is 94.9 Å². The summed E-state index contributed by atoms with van der Waals surface area (Å²) in [5.41, 5.74) is 6.36. The molecule has 2 unspecified atom stereocenters. The third-order valence-electron chi connectivity index (χ3n) is 3.06. The molecule has 0 saturated carbocycles. The lowest BCUT2D eigenvalue weighted by Gasteiger charge is -2.35. The lowest BCUT2D eigenvalue weighted by molar-refractivity contribution is 0.381. The largest absolute Gasteiger partial charge is 0.354 e. The SMILES string of the molecule is CC1CN(c2nccnc2C#N)CCC1N. The fraction of sp³-hybridized carbons (Fsp3) is 0.545. The minimum atomic E-state index is 0.249.